The SMILES string of the molecule is C[C@H](NC(=O)c1cc(C(=O)NCc2ccc3c(c2)NC(=O)CO3)nc2c(F)cnn12)C(N)=O. The molecule has 1 aromatic carbocycles. The van der Waals surface area contributed by atoms with Crippen LogP contribution in [-0.2, 0) is 16.1 Å². The van der Waals surface area contributed by atoms with Gasteiger partial charge in [-0.3, -0.25) is 19.2 Å². The number of halogens is 1. The van der Waals surface area contributed by atoms with Gasteiger partial charge in [-0.05, 0) is 24.6 Å². The normalized spacial score (nSPS) is 13.5. The van der Waals surface area contributed by atoms with Crippen LogP contribution in [0.3, 0.4) is 0 Å². The Hall–Kier alpha value is -4.55. The van der Waals surface area contributed by atoms with E-state index in [0.717, 1.165) is 16.8 Å². The second-order valence-corrected chi connectivity index (χ2v) is 7.20. The van der Waals surface area contributed by atoms with E-state index in [-0.39, 0.29) is 36.1 Å². The van der Waals surface area contributed by atoms with Gasteiger partial charge >= 0.3 is 0 Å². The summed E-state index contributed by atoms with van der Waals surface area (Å²) in [5.41, 5.74) is 5.49. The lowest BCUT2D eigenvalue weighted by atomic mass is 10.1. The Morgan fingerprint density at radius 1 is 1.30 bits per heavy atom. The van der Waals surface area contributed by atoms with Crippen LogP contribution in [-0.4, -0.2) is 50.9 Å². The minimum Gasteiger partial charge on any atom is -0.482 e. The maximum atomic E-state index is 14.1. The topological polar surface area (TPSA) is 170 Å². The molecule has 3 heterocycles. The van der Waals surface area contributed by atoms with Crippen molar-refractivity contribution in [3.63, 3.8) is 0 Å². The highest BCUT2D eigenvalue weighted by molar-refractivity contribution is 6.00. The van der Waals surface area contributed by atoms with Crippen molar-refractivity contribution in [2.24, 2.45) is 5.73 Å². The minimum atomic E-state index is -1.01. The van der Waals surface area contributed by atoms with E-state index in [1.54, 1.807) is 18.2 Å². The van der Waals surface area contributed by atoms with Gasteiger partial charge in [0, 0.05) is 12.6 Å². The summed E-state index contributed by atoms with van der Waals surface area (Å²) < 4.78 is 20.3. The molecule has 13 heteroatoms. The maximum Gasteiger partial charge on any atom is 0.270 e. The number of aromatic nitrogens is 3. The van der Waals surface area contributed by atoms with E-state index in [2.05, 4.69) is 26.0 Å². The zero-order chi connectivity index (χ0) is 23.7. The molecule has 0 unspecified atom stereocenters. The van der Waals surface area contributed by atoms with Gasteiger partial charge in [0.15, 0.2) is 18.1 Å². The molecule has 1 atom stereocenters. The summed E-state index contributed by atoms with van der Waals surface area (Å²) in [6.45, 7) is 1.36. The summed E-state index contributed by atoms with van der Waals surface area (Å²) >= 11 is 0. The first-order valence-corrected chi connectivity index (χ1v) is 9.71. The molecule has 0 aliphatic carbocycles. The zero-order valence-corrected chi connectivity index (χ0v) is 17.2. The molecular formula is C20H18FN7O5. The van der Waals surface area contributed by atoms with Crippen LogP contribution in [0.15, 0.2) is 30.5 Å². The zero-order valence-electron chi connectivity index (χ0n) is 17.2. The van der Waals surface area contributed by atoms with Crippen molar-refractivity contribution in [3.8, 4) is 5.75 Å². The van der Waals surface area contributed by atoms with Gasteiger partial charge in [-0.25, -0.2) is 13.9 Å². The fourth-order valence-corrected chi connectivity index (χ4v) is 3.07. The molecular weight excluding hydrogens is 437 g/mol. The Bertz CT molecular complexity index is 1310. The van der Waals surface area contributed by atoms with Crippen molar-refractivity contribution in [3.05, 3.63) is 53.2 Å². The molecule has 0 radical (unpaired) electrons. The van der Waals surface area contributed by atoms with Crippen molar-refractivity contribution in [1.29, 1.82) is 0 Å². The molecule has 170 valence electrons. The highest BCUT2D eigenvalue weighted by atomic mass is 19.1. The van der Waals surface area contributed by atoms with E-state index >= 15 is 0 Å². The predicted octanol–water partition coefficient (Wildman–Crippen LogP) is -0.267. The van der Waals surface area contributed by atoms with Crippen molar-refractivity contribution in [2.45, 2.75) is 19.5 Å². The number of carbonyl (C=O) groups excluding carboxylic acids is 4. The molecule has 33 heavy (non-hydrogen) atoms. The smallest absolute Gasteiger partial charge is 0.270 e. The fourth-order valence-electron chi connectivity index (χ4n) is 3.07. The van der Waals surface area contributed by atoms with Crippen LogP contribution in [0.4, 0.5) is 10.1 Å². The van der Waals surface area contributed by atoms with Gasteiger partial charge in [0.25, 0.3) is 17.7 Å². The molecule has 0 bridgehead atoms. The van der Waals surface area contributed by atoms with E-state index in [9.17, 15) is 23.6 Å². The number of hydrogen-bond donors (Lipinski definition) is 4. The van der Waals surface area contributed by atoms with Gasteiger partial charge in [0.2, 0.25) is 5.91 Å². The van der Waals surface area contributed by atoms with Crippen molar-refractivity contribution < 1.29 is 28.3 Å². The Labute approximate surface area is 185 Å². The van der Waals surface area contributed by atoms with Crippen molar-refractivity contribution in [2.75, 3.05) is 11.9 Å². The molecule has 0 saturated carbocycles. The summed E-state index contributed by atoms with van der Waals surface area (Å²) in [6.07, 6.45) is 0.849. The third-order valence-electron chi connectivity index (χ3n) is 4.80. The lowest BCUT2D eigenvalue weighted by Crippen LogP contribution is -2.42. The number of nitrogens with two attached hydrogens (primary N) is 1. The van der Waals surface area contributed by atoms with Crippen LogP contribution < -0.4 is 26.4 Å². The van der Waals surface area contributed by atoms with Gasteiger partial charge in [-0.2, -0.15) is 5.10 Å². The lowest BCUT2D eigenvalue weighted by Gasteiger charge is -2.18. The number of primary amides is 1. The first-order chi connectivity index (χ1) is 15.7. The summed E-state index contributed by atoms with van der Waals surface area (Å²) in [5.74, 6) is -2.88. The standard InChI is InChI=1S/C20H18FN7O5/c1-9(17(22)30)25-20(32)14-5-13(27-18-11(21)7-24-28(14)18)19(31)23-6-10-2-3-15-12(4-10)26-16(29)8-33-15/h2-5,7,9H,6,8H2,1H3,(H2,22,30)(H,23,31)(H,25,32)(H,26,29)/t9-/m0/s1. The third-order valence-corrected chi connectivity index (χ3v) is 4.80. The minimum absolute atomic E-state index is 0.0524. The number of nitrogens with one attached hydrogen (secondary N) is 3. The number of amides is 4. The summed E-state index contributed by atoms with van der Waals surface area (Å²) in [4.78, 5) is 52.0. The quantitative estimate of drug-likeness (QED) is 0.396. The Morgan fingerprint density at radius 3 is 2.85 bits per heavy atom. The summed E-state index contributed by atoms with van der Waals surface area (Å²) in [6, 6.07) is 5.12. The number of fused-ring (bicyclic) bond motifs is 2. The number of benzene rings is 1. The first-order valence-electron chi connectivity index (χ1n) is 9.71. The molecule has 12 nitrogen and oxygen atoms in total. The largest absolute Gasteiger partial charge is 0.482 e. The van der Waals surface area contributed by atoms with Crippen LogP contribution in [0.2, 0.25) is 0 Å². The highest BCUT2D eigenvalue weighted by Gasteiger charge is 2.22. The summed E-state index contributed by atoms with van der Waals surface area (Å²) in [5, 5.41) is 11.4. The Balaban J connectivity index is 1.56. The molecule has 4 rings (SSSR count). The number of anilines is 1. The molecule has 0 fully saturated rings. The van der Waals surface area contributed by atoms with Crippen LogP contribution in [0.5, 0.6) is 5.75 Å². The molecule has 0 saturated heterocycles. The second kappa shape index (κ2) is 8.53. The Morgan fingerprint density at radius 2 is 2.09 bits per heavy atom. The molecule has 1 aliphatic rings. The molecule has 0 spiro atoms. The predicted molar refractivity (Wildman–Crippen MR) is 111 cm³/mol. The average molecular weight is 455 g/mol. The number of ether oxygens (including phenoxy) is 1. The number of rotatable bonds is 6. The molecule has 3 aromatic rings. The third kappa shape index (κ3) is 4.42. The van der Waals surface area contributed by atoms with E-state index < -0.39 is 29.6 Å². The van der Waals surface area contributed by atoms with Gasteiger partial charge < -0.3 is 26.4 Å². The van der Waals surface area contributed by atoms with E-state index in [0.29, 0.717) is 17.0 Å². The number of nitrogens with zero attached hydrogens (tertiary/aromatic N) is 3. The molecule has 1 aliphatic heterocycles. The van der Waals surface area contributed by atoms with Crippen LogP contribution in [0.1, 0.15) is 33.5 Å². The van der Waals surface area contributed by atoms with E-state index in [1.807, 2.05) is 0 Å². The number of carbonyl (C=O) groups is 4. The fraction of sp³-hybridized carbons (Fsp3) is 0.200. The first kappa shape index (κ1) is 21.7. The van der Waals surface area contributed by atoms with Crippen LogP contribution >= 0.6 is 0 Å². The average Bonchev–Trinajstić information content (AvgIpc) is 3.17. The lowest BCUT2D eigenvalue weighted by molar-refractivity contribution is -0.119. The molecule has 4 amide bonds. The summed E-state index contributed by atoms with van der Waals surface area (Å²) in [7, 11) is 0. The molecule has 5 N–H and O–H groups in total. The van der Waals surface area contributed by atoms with Gasteiger partial charge in [0.1, 0.15) is 23.2 Å². The highest BCUT2D eigenvalue weighted by Crippen LogP contribution is 2.28. The monoisotopic (exact) mass is 455 g/mol. The van der Waals surface area contributed by atoms with Crippen molar-refractivity contribution >= 4 is 35.0 Å². The van der Waals surface area contributed by atoms with Crippen LogP contribution in [0.25, 0.3) is 5.65 Å². The van der Waals surface area contributed by atoms with E-state index in [4.69, 9.17) is 10.5 Å². The maximum absolute atomic E-state index is 14.1. The van der Waals surface area contributed by atoms with E-state index in [1.165, 1.54) is 6.92 Å². The van der Waals surface area contributed by atoms with Crippen molar-refractivity contribution in [1.82, 2.24) is 25.2 Å². The van der Waals surface area contributed by atoms with Crippen LogP contribution in [0, 0.1) is 5.82 Å². The number of hydrogen-bond acceptors (Lipinski definition) is 7. The van der Waals surface area contributed by atoms with Gasteiger partial charge in [0.05, 0.1) is 11.9 Å². The molecule has 2 aromatic heterocycles. The van der Waals surface area contributed by atoms with Gasteiger partial charge in [-0.15, -0.1) is 0 Å². The second-order valence-electron chi connectivity index (χ2n) is 7.20. The van der Waals surface area contributed by atoms with Gasteiger partial charge in [-0.1, -0.05) is 6.07 Å². The Kier molecular flexibility index (Phi) is 5.60.